The second-order valence-electron chi connectivity index (χ2n) is 8.56. The van der Waals surface area contributed by atoms with Gasteiger partial charge in [0.2, 0.25) is 0 Å². The van der Waals surface area contributed by atoms with E-state index in [0.29, 0.717) is 43.2 Å². The van der Waals surface area contributed by atoms with Crippen LogP contribution < -0.4 is 9.80 Å². The van der Waals surface area contributed by atoms with Crippen molar-refractivity contribution in [1.82, 2.24) is 20.0 Å². The van der Waals surface area contributed by atoms with Crippen LogP contribution in [-0.2, 0) is 9.47 Å². The molecule has 2 fully saturated rings. The van der Waals surface area contributed by atoms with E-state index in [1.807, 2.05) is 29.2 Å². The molecule has 1 unspecified atom stereocenters. The van der Waals surface area contributed by atoms with Gasteiger partial charge in [0.25, 0.3) is 11.1 Å². The fourth-order valence-corrected chi connectivity index (χ4v) is 4.59. The van der Waals surface area contributed by atoms with Crippen LogP contribution in [0.15, 0.2) is 42.5 Å². The van der Waals surface area contributed by atoms with Crippen molar-refractivity contribution in [3.8, 4) is 0 Å². The molecule has 0 saturated carbocycles. The van der Waals surface area contributed by atoms with Gasteiger partial charge in [-0.2, -0.15) is 5.10 Å². The zero-order valence-electron chi connectivity index (χ0n) is 19.8. The van der Waals surface area contributed by atoms with Crippen molar-refractivity contribution >= 4 is 51.7 Å². The Morgan fingerprint density at radius 2 is 1.97 bits per heavy atom. The van der Waals surface area contributed by atoms with Crippen molar-refractivity contribution in [2.24, 2.45) is 0 Å². The molecule has 3 aromatic rings. The molecule has 2 saturated heterocycles. The van der Waals surface area contributed by atoms with Crippen LogP contribution in [0.2, 0.25) is 0 Å². The number of aromatic nitrogens is 2. The van der Waals surface area contributed by atoms with Gasteiger partial charge in [0.1, 0.15) is 5.82 Å². The van der Waals surface area contributed by atoms with E-state index < -0.39 is 18.1 Å². The number of aromatic amines is 1. The van der Waals surface area contributed by atoms with Crippen LogP contribution in [0.5, 0.6) is 0 Å². The van der Waals surface area contributed by atoms with Crippen LogP contribution in [0, 0.1) is 5.82 Å². The van der Waals surface area contributed by atoms with Gasteiger partial charge in [0.15, 0.2) is 11.9 Å². The predicted molar refractivity (Wildman–Crippen MR) is 136 cm³/mol. The van der Waals surface area contributed by atoms with Crippen molar-refractivity contribution in [3.63, 3.8) is 0 Å². The summed E-state index contributed by atoms with van der Waals surface area (Å²) in [6.45, 7) is 2.00. The number of rotatable bonds is 4. The van der Waals surface area contributed by atoms with Crippen molar-refractivity contribution in [3.05, 3.63) is 54.0 Å². The number of hydrogen-bond donors (Lipinski definition) is 1. The summed E-state index contributed by atoms with van der Waals surface area (Å²) < 4.78 is 25.5. The number of para-hydroxylation sites is 1. The fraction of sp³-hybridized carbons (Fsp3) is 0.333. The van der Waals surface area contributed by atoms with E-state index in [1.165, 1.54) is 23.0 Å². The first-order valence-electron chi connectivity index (χ1n) is 11.4. The van der Waals surface area contributed by atoms with Gasteiger partial charge >= 0.3 is 6.09 Å². The maximum Gasteiger partial charge on any atom is 0.416 e. The van der Waals surface area contributed by atoms with E-state index in [2.05, 4.69) is 10.2 Å². The van der Waals surface area contributed by atoms with Crippen LogP contribution >= 0.6 is 12.2 Å². The lowest BCUT2D eigenvalue weighted by atomic mass is 10.1. The third-order valence-corrected chi connectivity index (χ3v) is 6.97. The summed E-state index contributed by atoms with van der Waals surface area (Å²) in [5.41, 5.74) is 2.00. The number of carbonyl (C=O) groups excluding carboxylic acids is 2. The maximum absolute atomic E-state index is 15.1. The zero-order valence-corrected chi connectivity index (χ0v) is 20.6. The van der Waals surface area contributed by atoms with Crippen LogP contribution in [0.3, 0.4) is 0 Å². The quantitative estimate of drug-likeness (QED) is 0.534. The molecule has 36 heavy (non-hydrogen) atoms. The van der Waals surface area contributed by atoms with Gasteiger partial charge in [0.05, 0.1) is 30.5 Å². The molecule has 0 radical (unpaired) electrons. The third kappa shape index (κ3) is 4.28. The number of anilines is 2. The molecule has 12 heteroatoms. The zero-order chi connectivity index (χ0) is 25.4. The van der Waals surface area contributed by atoms with Crippen molar-refractivity contribution in [2.75, 3.05) is 56.7 Å². The van der Waals surface area contributed by atoms with E-state index >= 15 is 4.39 Å². The number of nitrogens with one attached hydrogen (secondary N) is 1. The molecule has 0 spiro atoms. The molecular formula is C24H25FN6O4S. The highest BCUT2D eigenvalue weighted by Gasteiger charge is 2.36. The molecule has 0 bridgehead atoms. The maximum atomic E-state index is 15.1. The number of fused-ring (bicyclic) bond motifs is 1. The Labute approximate surface area is 212 Å². The number of H-pyrrole nitrogens is 1. The lowest BCUT2D eigenvalue weighted by molar-refractivity contribution is 0.0677. The van der Waals surface area contributed by atoms with E-state index in [-0.39, 0.29) is 17.6 Å². The monoisotopic (exact) mass is 512 g/mol. The normalized spacial score (nSPS) is 17.9. The third-order valence-electron chi connectivity index (χ3n) is 6.51. The Morgan fingerprint density at radius 3 is 2.69 bits per heavy atom. The summed E-state index contributed by atoms with van der Waals surface area (Å²) in [4.78, 5) is 31.9. The van der Waals surface area contributed by atoms with Crippen molar-refractivity contribution < 1.29 is 23.5 Å². The van der Waals surface area contributed by atoms with Crippen molar-refractivity contribution in [2.45, 2.75) is 6.23 Å². The molecule has 1 N–H and O–H groups in total. The van der Waals surface area contributed by atoms with Gasteiger partial charge in [-0.05, 0) is 36.5 Å². The van der Waals surface area contributed by atoms with Gasteiger partial charge in [-0.1, -0.05) is 18.2 Å². The Kier molecular flexibility index (Phi) is 6.35. The summed E-state index contributed by atoms with van der Waals surface area (Å²) in [7, 11) is 3.10. The van der Waals surface area contributed by atoms with Crippen LogP contribution in [-0.4, -0.2) is 90.3 Å². The standard InChI is InChI=1S/C24H25FN6O4S/c1-28(24(36)34-2)20-14-31(23(33)35-20)15-7-8-19(17(25)13-15)29-9-11-30(12-10-29)22(32)21-16-5-3-4-6-18(16)26-27-21/h3-8,13,20H,9-12,14H2,1-2H3,(H,26,27). The minimum Gasteiger partial charge on any atom is -0.474 e. The van der Waals surface area contributed by atoms with E-state index in [9.17, 15) is 9.59 Å². The highest BCUT2D eigenvalue weighted by Crippen LogP contribution is 2.29. The lowest BCUT2D eigenvalue weighted by Gasteiger charge is -2.36. The van der Waals surface area contributed by atoms with E-state index in [0.717, 1.165) is 10.9 Å². The Morgan fingerprint density at radius 1 is 1.22 bits per heavy atom. The number of likely N-dealkylation sites (N-methyl/N-ethyl adjacent to an activating group) is 1. The summed E-state index contributed by atoms with van der Waals surface area (Å²) >= 11 is 5.09. The van der Waals surface area contributed by atoms with E-state index in [1.54, 1.807) is 24.1 Å². The molecule has 188 valence electrons. The molecule has 10 nitrogen and oxygen atoms in total. The van der Waals surface area contributed by atoms with Crippen LogP contribution in [0.1, 0.15) is 10.5 Å². The number of nitrogens with zero attached hydrogens (tertiary/aromatic N) is 5. The number of cyclic esters (lactones) is 1. The highest BCUT2D eigenvalue weighted by atomic mass is 32.1. The number of carbonyl (C=O) groups is 2. The smallest absolute Gasteiger partial charge is 0.416 e. The molecule has 2 aromatic carbocycles. The van der Waals surface area contributed by atoms with Gasteiger partial charge in [-0.25, -0.2) is 9.18 Å². The second kappa shape index (κ2) is 9.61. The van der Waals surface area contributed by atoms with E-state index in [4.69, 9.17) is 21.7 Å². The lowest BCUT2D eigenvalue weighted by Crippen LogP contribution is -2.49. The van der Waals surface area contributed by atoms with Gasteiger partial charge in [-0.3, -0.25) is 19.7 Å². The molecule has 0 aliphatic carbocycles. The second-order valence-corrected chi connectivity index (χ2v) is 8.91. The SMILES string of the molecule is COC(=S)N(C)C1CN(c2ccc(N3CCN(C(=O)c4n[nH]c5ccccc45)CC3)c(F)c2)C(=O)O1. The average Bonchev–Trinajstić information content (AvgIpc) is 3.51. The number of piperazine rings is 1. The van der Waals surface area contributed by atoms with Crippen LogP contribution in [0.4, 0.5) is 20.6 Å². The predicted octanol–water partition coefficient (Wildman–Crippen LogP) is 2.81. The Hall–Kier alpha value is -3.93. The van der Waals surface area contributed by atoms with Crippen molar-refractivity contribution in [1.29, 1.82) is 0 Å². The summed E-state index contributed by atoms with van der Waals surface area (Å²) in [5.74, 6) is -0.606. The first kappa shape index (κ1) is 23.8. The molecular weight excluding hydrogens is 487 g/mol. The molecule has 2 amide bonds. The number of thiocarbonyl (C=S) groups is 1. The fourth-order valence-electron chi connectivity index (χ4n) is 4.47. The molecule has 2 aliphatic heterocycles. The largest absolute Gasteiger partial charge is 0.474 e. The highest BCUT2D eigenvalue weighted by molar-refractivity contribution is 7.80. The topological polar surface area (TPSA) is 94.2 Å². The van der Waals surface area contributed by atoms with Crippen LogP contribution in [0.25, 0.3) is 10.9 Å². The number of amides is 2. The van der Waals surface area contributed by atoms with Gasteiger partial charge in [0, 0.05) is 38.6 Å². The Bertz CT molecular complexity index is 1320. The number of benzene rings is 2. The summed E-state index contributed by atoms with van der Waals surface area (Å²) in [6.07, 6.45) is -1.22. The molecule has 3 heterocycles. The number of ether oxygens (including phenoxy) is 2. The molecule has 5 rings (SSSR count). The summed E-state index contributed by atoms with van der Waals surface area (Å²) in [5, 5.41) is 8.06. The average molecular weight is 513 g/mol. The number of methoxy groups -OCH3 is 1. The minimum atomic E-state index is -0.634. The Balaban J connectivity index is 1.24. The molecule has 1 aromatic heterocycles. The molecule has 2 aliphatic rings. The van der Waals surface area contributed by atoms with Gasteiger partial charge < -0.3 is 19.3 Å². The summed E-state index contributed by atoms with van der Waals surface area (Å²) in [6, 6.07) is 12.1. The first-order chi connectivity index (χ1) is 17.4. The first-order valence-corrected chi connectivity index (χ1v) is 11.8. The van der Waals surface area contributed by atoms with Gasteiger partial charge in [-0.15, -0.1) is 0 Å². The number of hydrogen-bond acceptors (Lipinski definition) is 7. The minimum absolute atomic E-state index is 0.150. The molecule has 1 atom stereocenters. The number of halogens is 1.